The Morgan fingerprint density at radius 2 is 1.89 bits per heavy atom. The van der Waals surface area contributed by atoms with Gasteiger partial charge >= 0.3 is 0 Å². The molecule has 1 fully saturated rings. The van der Waals surface area contributed by atoms with Crippen LogP contribution in [0, 0.1) is 22.7 Å². The first-order valence-electron chi connectivity index (χ1n) is 11.2. The van der Waals surface area contributed by atoms with Gasteiger partial charge in [0.2, 0.25) is 5.91 Å². The van der Waals surface area contributed by atoms with Crippen LogP contribution in [0.4, 0.5) is 0 Å². The molecule has 0 saturated heterocycles. The molecule has 0 bridgehead atoms. The van der Waals surface area contributed by atoms with Crippen molar-refractivity contribution in [3.8, 4) is 0 Å². The van der Waals surface area contributed by atoms with Crippen LogP contribution >= 0.6 is 0 Å². The fourth-order valence-electron chi connectivity index (χ4n) is 4.98. The third-order valence-corrected chi connectivity index (χ3v) is 6.83. The summed E-state index contributed by atoms with van der Waals surface area (Å²) in [6, 6.07) is 1.06. The maximum Gasteiger partial charge on any atom is 0.216 e. The average molecular weight is 396 g/mol. The first-order chi connectivity index (χ1) is 13.3. The average Bonchev–Trinajstić information content (AvgIpc) is 2.68. The Balaban J connectivity index is 2.58. The zero-order chi connectivity index (χ0) is 21.2. The van der Waals surface area contributed by atoms with E-state index >= 15 is 0 Å². The van der Waals surface area contributed by atoms with Gasteiger partial charge in [0, 0.05) is 49.8 Å². The van der Waals surface area contributed by atoms with Crippen molar-refractivity contribution in [3.63, 3.8) is 0 Å². The Morgan fingerprint density at radius 3 is 2.36 bits per heavy atom. The van der Waals surface area contributed by atoms with E-state index in [1.807, 2.05) is 7.05 Å². The Kier molecular flexibility index (Phi) is 11.2. The summed E-state index contributed by atoms with van der Waals surface area (Å²) < 4.78 is 0. The SMILES string of the molecule is CCC(NC1CCC(C(C)(C=N)CNC)CC1)C(CC)C(N)CCNC(C)=O. The first-order valence-corrected chi connectivity index (χ1v) is 11.2. The summed E-state index contributed by atoms with van der Waals surface area (Å²) >= 11 is 0. The minimum absolute atomic E-state index is 0.0115. The molecule has 4 unspecified atom stereocenters. The summed E-state index contributed by atoms with van der Waals surface area (Å²) in [6.45, 7) is 9.75. The van der Waals surface area contributed by atoms with Crippen molar-refractivity contribution in [1.29, 1.82) is 5.41 Å². The van der Waals surface area contributed by atoms with Crippen molar-refractivity contribution in [2.75, 3.05) is 20.1 Å². The van der Waals surface area contributed by atoms with Crippen molar-refractivity contribution >= 4 is 12.1 Å². The van der Waals surface area contributed by atoms with Gasteiger partial charge in [-0.25, -0.2) is 0 Å². The molecule has 6 nitrogen and oxygen atoms in total. The Bertz CT molecular complexity index is 464. The van der Waals surface area contributed by atoms with Crippen molar-refractivity contribution in [2.24, 2.45) is 23.0 Å². The molecule has 1 amide bonds. The lowest BCUT2D eigenvalue weighted by molar-refractivity contribution is -0.118. The lowest BCUT2D eigenvalue weighted by atomic mass is 9.69. The number of carbonyl (C=O) groups excluding carboxylic acids is 1. The monoisotopic (exact) mass is 395 g/mol. The summed E-state index contributed by atoms with van der Waals surface area (Å²) in [5, 5.41) is 17.9. The number of amides is 1. The zero-order valence-corrected chi connectivity index (χ0v) is 18.8. The second-order valence-electron chi connectivity index (χ2n) is 8.92. The predicted molar refractivity (Wildman–Crippen MR) is 119 cm³/mol. The van der Waals surface area contributed by atoms with E-state index in [-0.39, 0.29) is 17.4 Å². The molecule has 28 heavy (non-hydrogen) atoms. The lowest BCUT2D eigenvalue weighted by Gasteiger charge is -2.41. The number of hydrogen-bond donors (Lipinski definition) is 5. The van der Waals surface area contributed by atoms with Gasteiger partial charge in [-0.05, 0) is 57.4 Å². The van der Waals surface area contributed by atoms with Crippen LogP contribution in [0.2, 0.25) is 0 Å². The van der Waals surface area contributed by atoms with Gasteiger partial charge in [-0.1, -0.05) is 27.2 Å². The number of hydrogen-bond acceptors (Lipinski definition) is 5. The molecule has 0 spiro atoms. The second-order valence-corrected chi connectivity index (χ2v) is 8.92. The Morgan fingerprint density at radius 1 is 1.25 bits per heavy atom. The van der Waals surface area contributed by atoms with E-state index in [0.29, 0.717) is 30.5 Å². The Hall–Kier alpha value is -0.980. The van der Waals surface area contributed by atoms with Crippen LogP contribution in [0.25, 0.3) is 0 Å². The van der Waals surface area contributed by atoms with E-state index in [1.54, 1.807) is 13.1 Å². The molecule has 0 aromatic carbocycles. The number of nitrogens with one attached hydrogen (secondary N) is 4. The molecular weight excluding hydrogens is 350 g/mol. The fourth-order valence-corrected chi connectivity index (χ4v) is 4.98. The van der Waals surface area contributed by atoms with Crippen molar-refractivity contribution in [1.82, 2.24) is 16.0 Å². The van der Waals surface area contributed by atoms with E-state index < -0.39 is 0 Å². The lowest BCUT2D eigenvalue weighted by Crippen LogP contribution is -2.50. The molecule has 1 rings (SSSR count). The number of rotatable bonds is 13. The van der Waals surface area contributed by atoms with Gasteiger partial charge in [0.1, 0.15) is 0 Å². The van der Waals surface area contributed by atoms with Crippen molar-refractivity contribution < 1.29 is 4.79 Å². The van der Waals surface area contributed by atoms with E-state index in [1.165, 1.54) is 25.7 Å². The van der Waals surface area contributed by atoms with Gasteiger partial charge < -0.3 is 27.1 Å². The Labute approximate surface area is 172 Å². The molecule has 0 aromatic rings. The van der Waals surface area contributed by atoms with Crippen LogP contribution in [0.1, 0.15) is 72.6 Å². The van der Waals surface area contributed by atoms with Crippen LogP contribution in [-0.4, -0.2) is 50.4 Å². The number of carbonyl (C=O) groups is 1. The molecule has 0 radical (unpaired) electrons. The molecule has 1 saturated carbocycles. The largest absolute Gasteiger partial charge is 0.356 e. The fraction of sp³-hybridized carbons (Fsp3) is 0.909. The molecular formula is C22H45N5O. The highest BCUT2D eigenvalue weighted by Crippen LogP contribution is 2.37. The molecule has 6 heteroatoms. The van der Waals surface area contributed by atoms with E-state index in [2.05, 4.69) is 36.7 Å². The smallest absolute Gasteiger partial charge is 0.216 e. The number of nitrogens with two attached hydrogens (primary N) is 1. The van der Waals surface area contributed by atoms with Gasteiger partial charge in [-0.3, -0.25) is 4.79 Å². The molecule has 0 heterocycles. The molecule has 0 aliphatic heterocycles. The van der Waals surface area contributed by atoms with Crippen molar-refractivity contribution in [3.05, 3.63) is 0 Å². The molecule has 164 valence electrons. The van der Waals surface area contributed by atoms with Gasteiger partial charge in [0.25, 0.3) is 0 Å². The van der Waals surface area contributed by atoms with Crippen LogP contribution in [0.5, 0.6) is 0 Å². The molecule has 0 aromatic heterocycles. The van der Waals surface area contributed by atoms with Gasteiger partial charge in [-0.15, -0.1) is 0 Å². The highest BCUT2D eigenvalue weighted by molar-refractivity contribution is 5.72. The van der Waals surface area contributed by atoms with E-state index in [0.717, 1.165) is 25.8 Å². The van der Waals surface area contributed by atoms with Crippen LogP contribution in [0.3, 0.4) is 0 Å². The van der Waals surface area contributed by atoms with Gasteiger partial charge in [0.05, 0.1) is 0 Å². The molecule has 6 N–H and O–H groups in total. The summed E-state index contributed by atoms with van der Waals surface area (Å²) in [4.78, 5) is 11.1. The summed E-state index contributed by atoms with van der Waals surface area (Å²) in [6.07, 6.45) is 9.29. The topological polar surface area (TPSA) is 103 Å². The maximum absolute atomic E-state index is 11.1. The van der Waals surface area contributed by atoms with E-state index in [4.69, 9.17) is 11.1 Å². The van der Waals surface area contributed by atoms with Gasteiger partial charge in [-0.2, -0.15) is 0 Å². The first kappa shape index (κ1) is 25.1. The maximum atomic E-state index is 11.1. The second kappa shape index (κ2) is 12.6. The zero-order valence-electron chi connectivity index (χ0n) is 18.8. The van der Waals surface area contributed by atoms with Crippen LogP contribution < -0.4 is 21.7 Å². The third-order valence-electron chi connectivity index (χ3n) is 6.83. The summed E-state index contributed by atoms with van der Waals surface area (Å²) in [7, 11) is 1.97. The third kappa shape index (κ3) is 7.45. The van der Waals surface area contributed by atoms with Crippen LogP contribution in [0.15, 0.2) is 0 Å². The molecule has 1 aliphatic carbocycles. The predicted octanol–water partition coefficient (Wildman–Crippen LogP) is 2.67. The minimum atomic E-state index is -0.0398. The van der Waals surface area contributed by atoms with Crippen LogP contribution in [-0.2, 0) is 4.79 Å². The van der Waals surface area contributed by atoms with E-state index in [9.17, 15) is 4.79 Å². The van der Waals surface area contributed by atoms with Gasteiger partial charge in [0.15, 0.2) is 0 Å². The highest BCUT2D eigenvalue weighted by Gasteiger charge is 2.36. The molecule has 4 atom stereocenters. The van der Waals surface area contributed by atoms with Crippen molar-refractivity contribution in [2.45, 2.75) is 90.8 Å². The summed E-state index contributed by atoms with van der Waals surface area (Å²) in [5.74, 6) is 1.02. The molecule has 1 aliphatic rings. The quantitative estimate of drug-likeness (QED) is 0.309. The minimum Gasteiger partial charge on any atom is -0.356 e. The summed E-state index contributed by atoms with van der Waals surface area (Å²) in [5.41, 5.74) is 6.46. The normalized spacial score (nSPS) is 25.4. The standard InChI is InChI=1S/C22H45N5O/c1-6-19(20(24)12-13-26-16(3)28)21(7-2)27-18-10-8-17(9-11-18)22(4,14-23)15-25-5/h14,17-21,23,25,27H,6-13,15,24H2,1-5H3,(H,26,28). The highest BCUT2D eigenvalue weighted by atomic mass is 16.1.